The Kier molecular flexibility index (Phi) is 7.43. The molecule has 3 rings (SSSR count). The topological polar surface area (TPSA) is 92.8 Å². The standard InChI is InChI=1S/C21H30N4O4/c26-24(27)20-14-19(15-21(16-20)25(28)29)23-13-12-22(17-23)18-10-8-6-4-2-1-3-5-7-9-11-18/h12-16,18H,1-11,17H2. The van der Waals surface area contributed by atoms with Crippen LogP contribution in [-0.2, 0) is 0 Å². The normalized spacial score (nSPS) is 19.6. The molecule has 1 aliphatic heterocycles. The van der Waals surface area contributed by atoms with E-state index in [0.29, 0.717) is 18.4 Å². The van der Waals surface area contributed by atoms with Crippen molar-refractivity contribution < 1.29 is 9.85 Å². The van der Waals surface area contributed by atoms with Crippen LogP contribution in [0.25, 0.3) is 0 Å². The van der Waals surface area contributed by atoms with E-state index in [-0.39, 0.29) is 11.4 Å². The highest BCUT2D eigenvalue weighted by Gasteiger charge is 2.25. The molecule has 1 aromatic rings. The number of nitrogens with zero attached hydrogens (tertiary/aromatic N) is 4. The largest absolute Gasteiger partial charge is 0.355 e. The molecular weight excluding hydrogens is 372 g/mol. The summed E-state index contributed by atoms with van der Waals surface area (Å²) in [7, 11) is 0. The number of anilines is 1. The zero-order valence-electron chi connectivity index (χ0n) is 16.9. The average molecular weight is 402 g/mol. The van der Waals surface area contributed by atoms with Gasteiger partial charge in [0.05, 0.1) is 28.3 Å². The predicted molar refractivity (Wildman–Crippen MR) is 113 cm³/mol. The van der Waals surface area contributed by atoms with E-state index < -0.39 is 9.85 Å². The molecule has 1 saturated carbocycles. The van der Waals surface area contributed by atoms with Gasteiger partial charge in [0.2, 0.25) is 0 Å². The Morgan fingerprint density at radius 3 is 1.69 bits per heavy atom. The third kappa shape index (κ3) is 5.92. The first kappa shape index (κ1) is 21.1. The number of nitro groups is 2. The van der Waals surface area contributed by atoms with Gasteiger partial charge in [-0.15, -0.1) is 0 Å². The van der Waals surface area contributed by atoms with Crippen molar-refractivity contribution in [3.05, 3.63) is 50.8 Å². The Morgan fingerprint density at radius 1 is 0.724 bits per heavy atom. The highest BCUT2D eigenvalue weighted by molar-refractivity contribution is 5.62. The fourth-order valence-corrected chi connectivity index (χ4v) is 4.27. The molecule has 0 N–H and O–H groups in total. The van der Waals surface area contributed by atoms with Crippen LogP contribution in [0.2, 0.25) is 0 Å². The minimum Gasteiger partial charge on any atom is -0.355 e. The minimum absolute atomic E-state index is 0.257. The molecule has 29 heavy (non-hydrogen) atoms. The fourth-order valence-electron chi connectivity index (χ4n) is 4.27. The van der Waals surface area contributed by atoms with E-state index in [1.807, 2.05) is 17.3 Å². The summed E-state index contributed by atoms with van der Waals surface area (Å²) >= 11 is 0. The Bertz CT molecular complexity index is 708. The molecule has 0 radical (unpaired) electrons. The zero-order chi connectivity index (χ0) is 20.6. The second-order valence-electron chi connectivity index (χ2n) is 8.06. The number of rotatable bonds is 4. The summed E-state index contributed by atoms with van der Waals surface area (Å²) in [5, 5.41) is 22.3. The molecule has 2 aliphatic rings. The van der Waals surface area contributed by atoms with Gasteiger partial charge in [-0.05, 0) is 12.8 Å². The average Bonchev–Trinajstić information content (AvgIpc) is 3.18. The van der Waals surface area contributed by atoms with Crippen molar-refractivity contribution in [3.8, 4) is 0 Å². The van der Waals surface area contributed by atoms with Crippen molar-refractivity contribution in [1.29, 1.82) is 0 Å². The summed E-state index contributed by atoms with van der Waals surface area (Å²) in [6.07, 6.45) is 17.8. The number of nitro benzene ring substituents is 2. The van der Waals surface area contributed by atoms with Crippen molar-refractivity contribution in [2.75, 3.05) is 11.6 Å². The lowest BCUT2D eigenvalue weighted by Crippen LogP contribution is -2.34. The molecule has 0 spiro atoms. The molecule has 1 fully saturated rings. The summed E-state index contributed by atoms with van der Waals surface area (Å²) in [5.41, 5.74) is -0.0306. The Labute approximate surface area is 171 Å². The molecule has 1 aromatic carbocycles. The van der Waals surface area contributed by atoms with Crippen molar-refractivity contribution in [2.45, 2.75) is 76.7 Å². The second-order valence-corrected chi connectivity index (χ2v) is 8.06. The summed E-state index contributed by atoms with van der Waals surface area (Å²) in [4.78, 5) is 25.3. The van der Waals surface area contributed by atoms with Gasteiger partial charge in [0, 0.05) is 30.6 Å². The van der Waals surface area contributed by atoms with Crippen molar-refractivity contribution >= 4 is 17.1 Å². The van der Waals surface area contributed by atoms with Crippen LogP contribution in [0.5, 0.6) is 0 Å². The summed E-state index contributed by atoms with van der Waals surface area (Å²) in [6.45, 7) is 0.572. The first-order valence-corrected chi connectivity index (χ1v) is 10.7. The molecule has 1 aliphatic carbocycles. The number of non-ortho nitro benzene ring substituents is 2. The number of hydrogen-bond acceptors (Lipinski definition) is 6. The SMILES string of the molecule is O=[N+]([O-])c1cc(N2C=CN(C3CCCCCCCCCCC3)C2)cc([N+](=O)[O-])c1. The second kappa shape index (κ2) is 10.2. The molecule has 0 atom stereocenters. The Hall–Kier alpha value is -2.64. The monoisotopic (exact) mass is 402 g/mol. The molecule has 0 unspecified atom stereocenters. The first-order valence-electron chi connectivity index (χ1n) is 10.7. The van der Waals surface area contributed by atoms with Crippen molar-refractivity contribution in [2.24, 2.45) is 0 Å². The van der Waals surface area contributed by atoms with Gasteiger partial charge >= 0.3 is 0 Å². The zero-order valence-corrected chi connectivity index (χ0v) is 16.9. The van der Waals surface area contributed by atoms with E-state index >= 15 is 0 Å². The van der Waals surface area contributed by atoms with Crippen LogP contribution in [0.1, 0.15) is 70.6 Å². The summed E-state index contributed by atoms with van der Waals surface area (Å²) in [6, 6.07) is 4.27. The van der Waals surface area contributed by atoms with Crippen LogP contribution in [-0.4, -0.2) is 27.5 Å². The van der Waals surface area contributed by atoms with Crippen LogP contribution in [0.4, 0.5) is 17.1 Å². The Morgan fingerprint density at radius 2 is 1.21 bits per heavy atom. The number of benzene rings is 1. The maximum Gasteiger partial charge on any atom is 0.278 e. The van der Waals surface area contributed by atoms with Gasteiger partial charge in [-0.25, -0.2) is 0 Å². The molecule has 0 saturated heterocycles. The quantitative estimate of drug-likeness (QED) is 0.472. The van der Waals surface area contributed by atoms with Crippen LogP contribution < -0.4 is 4.90 Å². The maximum absolute atomic E-state index is 11.2. The third-order valence-electron chi connectivity index (χ3n) is 5.94. The molecule has 8 nitrogen and oxygen atoms in total. The van der Waals surface area contributed by atoms with Crippen LogP contribution >= 0.6 is 0 Å². The lowest BCUT2D eigenvalue weighted by Gasteiger charge is -2.30. The van der Waals surface area contributed by atoms with E-state index in [0.717, 1.165) is 18.9 Å². The molecular formula is C21H30N4O4. The molecule has 0 aromatic heterocycles. The molecule has 8 heteroatoms. The number of hydrogen-bond donors (Lipinski definition) is 0. The molecule has 0 amide bonds. The van der Waals surface area contributed by atoms with Gasteiger partial charge < -0.3 is 9.80 Å². The molecule has 0 bridgehead atoms. The maximum atomic E-state index is 11.2. The van der Waals surface area contributed by atoms with Gasteiger partial charge in [-0.3, -0.25) is 20.2 Å². The fraction of sp³-hybridized carbons (Fsp3) is 0.619. The third-order valence-corrected chi connectivity index (χ3v) is 5.94. The first-order chi connectivity index (χ1) is 14.0. The van der Waals surface area contributed by atoms with E-state index in [1.54, 1.807) is 0 Å². The van der Waals surface area contributed by atoms with E-state index in [4.69, 9.17) is 0 Å². The predicted octanol–water partition coefficient (Wildman–Crippen LogP) is 5.73. The molecule has 158 valence electrons. The van der Waals surface area contributed by atoms with Crippen LogP contribution in [0.15, 0.2) is 30.6 Å². The minimum atomic E-state index is -0.582. The Balaban J connectivity index is 1.68. The smallest absolute Gasteiger partial charge is 0.278 e. The highest BCUT2D eigenvalue weighted by Crippen LogP contribution is 2.31. The van der Waals surface area contributed by atoms with E-state index in [1.165, 1.54) is 69.9 Å². The van der Waals surface area contributed by atoms with Crippen molar-refractivity contribution in [3.63, 3.8) is 0 Å². The summed E-state index contributed by atoms with van der Waals surface area (Å²) < 4.78 is 0. The van der Waals surface area contributed by atoms with Crippen LogP contribution in [0, 0.1) is 20.2 Å². The van der Waals surface area contributed by atoms with Gasteiger partial charge in [-0.2, -0.15) is 0 Å². The summed E-state index contributed by atoms with van der Waals surface area (Å²) in [5.74, 6) is 0. The van der Waals surface area contributed by atoms with E-state index in [9.17, 15) is 20.2 Å². The van der Waals surface area contributed by atoms with Gasteiger partial charge in [0.1, 0.15) is 0 Å². The lowest BCUT2D eigenvalue weighted by molar-refractivity contribution is -0.394. The van der Waals surface area contributed by atoms with E-state index in [2.05, 4.69) is 4.90 Å². The van der Waals surface area contributed by atoms with Gasteiger partial charge in [-0.1, -0.05) is 57.8 Å². The molecule has 1 heterocycles. The van der Waals surface area contributed by atoms with Crippen molar-refractivity contribution in [1.82, 2.24) is 4.90 Å². The lowest BCUT2D eigenvalue weighted by atomic mass is 9.97. The highest BCUT2D eigenvalue weighted by atomic mass is 16.6. The van der Waals surface area contributed by atoms with Gasteiger partial charge in [0.25, 0.3) is 11.4 Å². The van der Waals surface area contributed by atoms with Gasteiger partial charge in [0.15, 0.2) is 0 Å². The van der Waals surface area contributed by atoms with Crippen LogP contribution in [0.3, 0.4) is 0 Å².